The van der Waals surface area contributed by atoms with E-state index in [1.807, 2.05) is 0 Å². The van der Waals surface area contributed by atoms with Crippen LogP contribution in [0.15, 0.2) is 22.9 Å². The van der Waals surface area contributed by atoms with Crippen molar-refractivity contribution < 1.29 is 13.7 Å². The molecule has 1 aliphatic heterocycles. The Morgan fingerprint density at radius 2 is 2.35 bits per heavy atom. The quantitative estimate of drug-likeness (QED) is 0.910. The molecule has 0 aliphatic carbocycles. The number of amides is 1. The first-order valence-corrected chi connectivity index (χ1v) is 7.39. The van der Waals surface area contributed by atoms with Gasteiger partial charge in [0.1, 0.15) is 11.4 Å². The molecule has 1 aliphatic rings. The van der Waals surface area contributed by atoms with Crippen molar-refractivity contribution in [3.63, 3.8) is 0 Å². The Morgan fingerprint density at radius 1 is 1.52 bits per heavy atom. The molecule has 23 heavy (non-hydrogen) atoms. The maximum Gasteiger partial charge on any atom is 0.253 e. The number of hydrogen-bond acceptors (Lipinski definition) is 6. The number of rotatable bonds is 4. The lowest BCUT2D eigenvalue weighted by Gasteiger charge is -2.26. The third kappa shape index (κ3) is 3.37. The Kier molecular flexibility index (Phi) is 4.08. The molecule has 1 N–H and O–H groups in total. The van der Waals surface area contributed by atoms with Gasteiger partial charge in [0, 0.05) is 26.6 Å². The summed E-state index contributed by atoms with van der Waals surface area (Å²) >= 11 is 0. The third-order valence-corrected chi connectivity index (χ3v) is 3.87. The molecule has 0 bridgehead atoms. The van der Waals surface area contributed by atoms with Crippen LogP contribution in [-0.2, 0) is 16.9 Å². The normalized spacial score (nSPS) is 21.5. The van der Waals surface area contributed by atoms with Crippen LogP contribution in [0, 0.1) is 12.7 Å². The lowest BCUT2D eigenvalue weighted by Crippen LogP contribution is -2.47. The molecule has 3 rings (SSSR count). The van der Waals surface area contributed by atoms with Gasteiger partial charge in [-0.1, -0.05) is 5.16 Å². The number of halogens is 1. The van der Waals surface area contributed by atoms with Crippen LogP contribution < -0.4 is 5.32 Å². The van der Waals surface area contributed by atoms with Crippen molar-refractivity contribution in [1.82, 2.24) is 25.3 Å². The van der Waals surface area contributed by atoms with Gasteiger partial charge in [0.2, 0.25) is 5.91 Å². The smallest absolute Gasteiger partial charge is 0.253 e. The molecular formula is C15H18FN5O2. The molecule has 1 saturated heterocycles. The van der Waals surface area contributed by atoms with E-state index >= 15 is 0 Å². The predicted octanol–water partition coefficient (Wildman–Crippen LogP) is 1.15. The van der Waals surface area contributed by atoms with E-state index < -0.39 is 5.54 Å². The molecule has 3 heterocycles. The molecule has 1 fully saturated rings. The van der Waals surface area contributed by atoms with Crippen LogP contribution in [0.2, 0.25) is 0 Å². The van der Waals surface area contributed by atoms with Gasteiger partial charge in [-0.3, -0.25) is 14.7 Å². The fourth-order valence-electron chi connectivity index (χ4n) is 2.91. The molecule has 1 unspecified atom stereocenters. The number of nitrogens with zero attached hydrogens (tertiary/aromatic N) is 4. The van der Waals surface area contributed by atoms with Gasteiger partial charge in [-0.25, -0.2) is 4.39 Å². The molecule has 1 amide bonds. The minimum Gasteiger partial charge on any atom is -0.341 e. The zero-order valence-corrected chi connectivity index (χ0v) is 13.0. The molecule has 0 saturated carbocycles. The van der Waals surface area contributed by atoms with E-state index in [1.54, 1.807) is 13.0 Å². The summed E-state index contributed by atoms with van der Waals surface area (Å²) in [6.07, 6.45) is 1.86. The summed E-state index contributed by atoms with van der Waals surface area (Å²) < 4.78 is 18.2. The van der Waals surface area contributed by atoms with Crippen molar-refractivity contribution in [3.8, 4) is 0 Å². The maximum absolute atomic E-state index is 12.9. The largest absolute Gasteiger partial charge is 0.341 e. The van der Waals surface area contributed by atoms with Gasteiger partial charge in [0.15, 0.2) is 5.82 Å². The van der Waals surface area contributed by atoms with Crippen molar-refractivity contribution in [2.24, 2.45) is 0 Å². The Bertz CT molecular complexity index is 702. The highest BCUT2D eigenvalue weighted by atomic mass is 19.1. The van der Waals surface area contributed by atoms with Crippen LogP contribution in [0.1, 0.15) is 30.8 Å². The molecule has 0 aromatic carbocycles. The highest BCUT2D eigenvalue weighted by Crippen LogP contribution is 2.31. The van der Waals surface area contributed by atoms with Crippen LogP contribution in [0.5, 0.6) is 0 Å². The Morgan fingerprint density at radius 3 is 2.96 bits per heavy atom. The molecule has 7 nitrogen and oxygen atoms in total. The fraction of sp³-hybridized carbons (Fsp3) is 0.467. The monoisotopic (exact) mass is 319 g/mol. The van der Waals surface area contributed by atoms with Gasteiger partial charge in [-0.05, 0) is 25.5 Å². The van der Waals surface area contributed by atoms with E-state index in [9.17, 15) is 9.18 Å². The number of aryl methyl sites for hydroxylation is 1. The molecular weight excluding hydrogens is 301 g/mol. The van der Waals surface area contributed by atoms with E-state index in [2.05, 4.69) is 25.3 Å². The standard InChI is InChI=1S/C15H18FN5O2/c1-10-18-14(23-20-10)15(19-11(2)22)5-6-21(9-15)8-13-4-3-12(16)7-17-13/h3-4,7H,5-6,8-9H2,1-2H3,(H,19,22). The topological polar surface area (TPSA) is 84.2 Å². The Hall–Kier alpha value is -2.35. The average Bonchev–Trinajstić information content (AvgIpc) is 3.09. The first-order valence-electron chi connectivity index (χ1n) is 7.39. The number of pyridine rings is 1. The fourth-order valence-corrected chi connectivity index (χ4v) is 2.91. The lowest BCUT2D eigenvalue weighted by atomic mass is 9.98. The van der Waals surface area contributed by atoms with Crippen molar-refractivity contribution in [2.45, 2.75) is 32.4 Å². The van der Waals surface area contributed by atoms with Crippen molar-refractivity contribution >= 4 is 5.91 Å². The zero-order chi connectivity index (χ0) is 16.4. The minimum absolute atomic E-state index is 0.150. The number of aromatic nitrogens is 3. The molecule has 1 atom stereocenters. The predicted molar refractivity (Wildman–Crippen MR) is 78.6 cm³/mol. The minimum atomic E-state index is -0.687. The molecule has 0 radical (unpaired) electrons. The highest BCUT2D eigenvalue weighted by molar-refractivity contribution is 5.74. The Labute approximate surface area is 132 Å². The summed E-state index contributed by atoms with van der Waals surface area (Å²) in [4.78, 5) is 22.1. The number of nitrogens with one attached hydrogen (secondary N) is 1. The summed E-state index contributed by atoms with van der Waals surface area (Å²) in [5, 5.41) is 6.77. The van der Waals surface area contributed by atoms with Gasteiger partial charge in [-0.15, -0.1) is 0 Å². The summed E-state index contributed by atoms with van der Waals surface area (Å²) in [6.45, 7) is 5.04. The van der Waals surface area contributed by atoms with Gasteiger partial charge in [0.05, 0.1) is 11.9 Å². The van der Waals surface area contributed by atoms with Crippen molar-refractivity contribution in [1.29, 1.82) is 0 Å². The zero-order valence-electron chi connectivity index (χ0n) is 13.0. The van der Waals surface area contributed by atoms with Crippen LogP contribution in [0.3, 0.4) is 0 Å². The number of carbonyl (C=O) groups is 1. The van der Waals surface area contributed by atoms with Gasteiger partial charge in [-0.2, -0.15) is 4.98 Å². The lowest BCUT2D eigenvalue weighted by molar-refractivity contribution is -0.121. The SMILES string of the molecule is CC(=O)NC1(c2nc(C)no2)CCN(Cc2ccc(F)cn2)C1. The first-order chi connectivity index (χ1) is 11.0. The average molecular weight is 319 g/mol. The summed E-state index contributed by atoms with van der Waals surface area (Å²) in [6, 6.07) is 3.05. The van der Waals surface area contributed by atoms with E-state index in [0.717, 1.165) is 12.2 Å². The van der Waals surface area contributed by atoms with Crippen LogP contribution >= 0.6 is 0 Å². The van der Waals surface area contributed by atoms with Gasteiger partial charge in [0.25, 0.3) is 5.89 Å². The van der Waals surface area contributed by atoms with Crippen molar-refractivity contribution in [3.05, 3.63) is 41.6 Å². The summed E-state index contributed by atoms with van der Waals surface area (Å²) in [5.74, 6) is 0.440. The molecule has 2 aromatic heterocycles. The van der Waals surface area contributed by atoms with E-state index in [4.69, 9.17) is 4.52 Å². The molecule has 0 spiro atoms. The second kappa shape index (κ2) is 6.04. The van der Waals surface area contributed by atoms with Crippen LogP contribution in [0.4, 0.5) is 4.39 Å². The van der Waals surface area contributed by atoms with E-state index in [0.29, 0.717) is 31.2 Å². The second-order valence-electron chi connectivity index (χ2n) is 5.84. The van der Waals surface area contributed by atoms with Crippen LogP contribution in [-0.4, -0.2) is 39.0 Å². The Balaban J connectivity index is 1.77. The van der Waals surface area contributed by atoms with Gasteiger partial charge >= 0.3 is 0 Å². The molecule has 122 valence electrons. The second-order valence-corrected chi connectivity index (χ2v) is 5.84. The van der Waals surface area contributed by atoms with Gasteiger partial charge < -0.3 is 9.84 Å². The number of likely N-dealkylation sites (tertiary alicyclic amines) is 1. The number of carbonyl (C=O) groups excluding carboxylic acids is 1. The maximum atomic E-state index is 12.9. The summed E-state index contributed by atoms with van der Waals surface area (Å²) in [5.41, 5.74) is 0.0827. The summed E-state index contributed by atoms with van der Waals surface area (Å²) in [7, 11) is 0. The van der Waals surface area contributed by atoms with Crippen molar-refractivity contribution in [2.75, 3.05) is 13.1 Å². The molecule has 2 aromatic rings. The highest BCUT2D eigenvalue weighted by Gasteiger charge is 2.45. The molecule has 8 heteroatoms. The first kappa shape index (κ1) is 15.5. The van der Waals surface area contributed by atoms with Crippen LogP contribution in [0.25, 0.3) is 0 Å². The number of hydrogen-bond donors (Lipinski definition) is 1. The third-order valence-electron chi connectivity index (χ3n) is 3.87. The van der Waals surface area contributed by atoms with E-state index in [1.165, 1.54) is 19.2 Å². The van der Waals surface area contributed by atoms with E-state index in [-0.39, 0.29) is 11.7 Å².